The molecule has 84 valence electrons. The highest BCUT2D eigenvalue weighted by atomic mass is 79.9. The highest BCUT2D eigenvalue weighted by Gasteiger charge is 2.24. The van der Waals surface area contributed by atoms with Crippen molar-refractivity contribution < 1.29 is 0 Å². The number of nitrogens with zero attached hydrogens (tertiary/aromatic N) is 2. The monoisotopic (exact) mass is 279 g/mol. The Bertz CT molecular complexity index is 425. The zero-order valence-corrected chi connectivity index (χ0v) is 10.6. The van der Waals surface area contributed by atoms with Crippen LogP contribution in [0, 0.1) is 11.3 Å². The molecule has 1 aliphatic rings. The molecule has 3 nitrogen and oxygen atoms in total. The maximum atomic E-state index is 8.81. The molecule has 1 heterocycles. The Morgan fingerprint density at radius 1 is 1.56 bits per heavy atom. The third kappa shape index (κ3) is 2.06. The fourth-order valence-corrected chi connectivity index (χ4v) is 2.81. The van der Waals surface area contributed by atoms with Crippen LogP contribution in [-0.2, 0) is 0 Å². The van der Waals surface area contributed by atoms with Gasteiger partial charge in [-0.05, 0) is 47.0 Å². The van der Waals surface area contributed by atoms with E-state index < -0.39 is 0 Å². The number of nitrogens with two attached hydrogens (primary N) is 1. The summed E-state index contributed by atoms with van der Waals surface area (Å²) in [7, 11) is 0. The van der Waals surface area contributed by atoms with Gasteiger partial charge in [0.1, 0.15) is 0 Å². The van der Waals surface area contributed by atoms with Gasteiger partial charge in [-0.15, -0.1) is 0 Å². The van der Waals surface area contributed by atoms with Crippen LogP contribution in [0.1, 0.15) is 18.4 Å². The predicted molar refractivity (Wildman–Crippen MR) is 68.3 cm³/mol. The van der Waals surface area contributed by atoms with E-state index in [9.17, 15) is 0 Å². The molecular formula is C12H14BrN3. The second kappa shape index (κ2) is 4.86. The number of rotatable bonds is 2. The summed E-state index contributed by atoms with van der Waals surface area (Å²) >= 11 is 3.52. The van der Waals surface area contributed by atoms with Crippen LogP contribution in [0.5, 0.6) is 0 Å². The lowest BCUT2D eigenvalue weighted by Crippen LogP contribution is -2.35. The van der Waals surface area contributed by atoms with Gasteiger partial charge in [0.2, 0.25) is 0 Å². The Balaban J connectivity index is 2.30. The van der Waals surface area contributed by atoms with Crippen LogP contribution >= 0.6 is 15.9 Å². The Labute approximate surface area is 104 Å². The number of hydrogen-bond donors (Lipinski definition) is 1. The quantitative estimate of drug-likeness (QED) is 0.904. The van der Waals surface area contributed by atoms with E-state index >= 15 is 0 Å². The minimum absolute atomic E-state index is 0.434. The Morgan fingerprint density at radius 3 is 3.00 bits per heavy atom. The third-order valence-electron chi connectivity index (χ3n) is 3.04. The third-order valence-corrected chi connectivity index (χ3v) is 3.67. The zero-order valence-electron chi connectivity index (χ0n) is 8.99. The van der Waals surface area contributed by atoms with Gasteiger partial charge in [0.05, 0.1) is 17.3 Å². The van der Waals surface area contributed by atoms with Crippen molar-refractivity contribution in [2.75, 3.05) is 18.0 Å². The minimum Gasteiger partial charge on any atom is -0.366 e. The molecule has 2 rings (SSSR count). The molecule has 1 fully saturated rings. The first kappa shape index (κ1) is 11.4. The first-order valence-corrected chi connectivity index (χ1v) is 6.22. The molecule has 4 heteroatoms. The summed E-state index contributed by atoms with van der Waals surface area (Å²) < 4.78 is 0.979. The first-order valence-electron chi connectivity index (χ1n) is 5.42. The maximum Gasteiger partial charge on any atom is 0.0992 e. The number of anilines is 1. The van der Waals surface area contributed by atoms with Crippen LogP contribution < -0.4 is 10.6 Å². The van der Waals surface area contributed by atoms with Crippen molar-refractivity contribution >= 4 is 21.6 Å². The van der Waals surface area contributed by atoms with Gasteiger partial charge in [-0.25, -0.2) is 0 Å². The number of hydrogen-bond acceptors (Lipinski definition) is 3. The van der Waals surface area contributed by atoms with E-state index in [-0.39, 0.29) is 0 Å². The molecule has 1 aromatic rings. The molecule has 1 unspecified atom stereocenters. The molecule has 2 N–H and O–H groups in total. The normalized spacial score (nSPS) is 19.8. The summed E-state index contributed by atoms with van der Waals surface area (Å²) in [5, 5.41) is 8.81. The van der Waals surface area contributed by atoms with E-state index in [4.69, 9.17) is 11.0 Å². The van der Waals surface area contributed by atoms with E-state index in [1.165, 1.54) is 6.42 Å². The minimum atomic E-state index is 0.434. The molecule has 0 amide bonds. The summed E-state index contributed by atoms with van der Waals surface area (Å²) in [6.45, 7) is 1.73. The van der Waals surface area contributed by atoms with Crippen molar-refractivity contribution in [3.05, 3.63) is 28.2 Å². The van der Waals surface area contributed by atoms with Gasteiger partial charge in [0.25, 0.3) is 0 Å². The lowest BCUT2D eigenvalue weighted by atomic mass is 10.2. The standard InChI is InChI=1S/C12H14BrN3/c13-11-6-9(7-14)3-4-12(11)16-5-1-2-10(16)8-15/h3-4,6,10H,1-2,5,8,15H2. The highest BCUT2D eigenvalue weighted by Crippen LogP contribution is 2.32. The summed E-state index contributed by atoms with van der Waals surface area (Å²) in [4.78, 5) is 2.32. The van der Waals surface area contributed by atoms with Gasteiger partial charge < -0.3 is 10.6 Å². The van der Waals surface area contributed by atoms with Crippen LogP contribution in [0.25, 0.3) is 0 Å². The van der Waals surface area contributed by atoms with Crippen LogP contribution in [0.4, 0.5) is 5.69 Å². The molecular weight excluding hydrogens is 266 g/mol. The fraction of sp³-hybridized carbons (Fsp3) is 0.417. The molecule has 1 aromatic carbocycles. The SMILES string of the molecule is N#Cc1ccc(N2CCCC2CN)c(Br)c1. The molecule has 0 radical (unpaired) electrons. The number of nitriles is 1. The number of halogens is 1. The van der Waals surface area contributed by atoms with Gasteiger partial charge in [0.15, 0.2) is 0 Å². The molecule has 0 saturated carbocycles. The van der Waals surface area contributed by atoms with E-state index in [0.717, 1.165) is 23.1 Å². The second-order valence-electron chi connectivity index (χ2n) is 4.00. The van der Waals surface area contributed by atoms with Gasteiger partial charge >= 0.3 is 0 Å². The number of benzene rings is 1. The smallest absolute Gasteiger partial charge is 0.0992 e. The van der Waals surface area contributed by atoms with Crippen LogP contribution in [0.2, 0.25) is 0 Å². The highest BCUT2D eigenvalue weighted by molar-refractivity contribution is 9.10. The average Bonchev–Trinajstić information content (AvgIpc) is 2.76. The first-order chi connectivity index (χ1) is 7.76. The summed E-state index contributed by atoms with van der Waals surface area (Å²) in [6.07, 6.45) is 2.34. The average molecular weight is 280 g/mol. The van der Waals surface area contributed by atoms with Crippen molar-refractivity contribution in [1.82, 2.24) is 0 Å². The van der Waals surface area contributed by atoms with Gasteiger partial charge in [-0.1, -0.05) is 0 Å². The van der Waals surface area contributed by atoms with Crippen LogP contribution in [0.15, 0.2) is 22.7 Å². The van der Waals surface area contributed by atoms with Crippen LogP contribution in [0.3, 0.4) is 0 Å². The van der Waals surface area contributed by atoms with E-state index in [1.807, 2.05) is 18.2 Å². The van der Waals surface area contributed by atoms with Crippen LogP contribution in [-0.4, -0.2) is 19.1 Å². The predicted octanol–water partition coefficient (Wildman–Crippen LogP) is 2.25. The molecule has 1 atom stereocenters. The second-order valence-corrected chi connectivity index (χ2v) is 4.86. The molecule has 16 heavy (non-hydrogen) atoms. The Hall–Kier alpha value is -1.05. The molecule has 0 aliphatic carbocycles. The molecule has 0 aromatic heterocycles. The van der Waals surface area contributed by atoms with E-state index in [2.05, 4.69) is 26.9 Å². The maximum absolute atomic E-state index is 8.81. The molecule has 1 saturated heterocycles. The molecule has 0 spiro atoms. The largest absolute Gasteiger partial charge is 0.366 e. The summed E-state index contributed by atoms with van der Waals surface area (Å²) in [6, 6.07) is 8.28. The van der Waals surface area contributed by atoms with Crippen molar-refractivity contribution in [3.63, 3.8) is 0 Å². The topological polar surface area (TPSA) is 53.0 Å². The van der Waals surface area contributed by atoms with Crippen molar-refractivity contribution in [2.24, 2.45) is 5.73 Å². The molecule has 0 bridgehead atoms. The van der Waals surface area contributed by atoms with E-state index in [1.54, 1.807) is 0 Å². The van der Waals surface area contributed by atoms with Gasteiger partial charge in [-0.3, -0.25) is 0 Å². The lowest BCUT2D eigenvalue weighted by molar-refractivity contribution is 0.676. The zero-order chi connectivity index (χ0) is 11.5. The van der Waals surface area contributed by atoms with Crippen molar-refractivity contribution in [2.45, 2.75) is 18.9 Å². The van der Waals surface area contributed by atoms with Crippen molar-refractivity contribution in [1.29, 1.82) is 5.26 Å². The lowest BCUT2D eigenvalue weighted by Gasteiger charge is -2.26. The fourth-order valence-electron chi connectivity index (χ4n) is 2.21. The Kier molecular flexibility index (Phi) is 3.47. The van der Waals surface area contributed by atoms with Gasteiger partial charge in [0, 0.05) is 23.6 Å². The molecule has 1 aliphatic heterocycles. The van der Waals surface area contributed by atoms with E-state index in [0.29, 0.717) is 18.2 Å². The summed E-state index contributed by atoms with van der Waals surface area (Å²) in [5.74, 6) is 0. The summed E-state index contributed by atoms with van der Waals surface area (Å²) in [5.41, 5.74) is 7.58. The van der Waals surface area contributed by atoms with Gasteiger partial charge in [-0.2, -0.15) is 5.26 Å². The van der Waals surface area contributed by atoms with Crippen molar-refractivity contribution in [3.8, 4) is 6.07 Å². The Morgan fingerprint density at radius 2 is 2.38 bits per heavy atom.